The number of unbranched alkanes of at least 4 members (excludes halogenated alkanes) is 1. The highest BCUT2D eigenvalue weighted by Gasteiger charge is 2.32. The summed E-state index contributed by atoms with van der Waals surface area (Å²) in [4.78, 5) is 2.42. The van der Waals surface area contributed by atoms with Crippen molar-refractivity contribution in [3.8, 4) is 0 Å². The standard InChI is InChI=1S/C24H37F3N2O3S/c1-28(33(30,31)23-12-10-22(11-13-23)24(25,26)27)18-20-6-8-21(9-7-20)19-32-17-5-4-16-29-14-2-3-15-29/h10-13,20-21H,2-9,14-19H2,1H3. The summed E-state index contributed by atoms with van der Waals surface area (Å²) in [5.74, 6) is 0.785. The van der Waals surface area contributed by atoms with Crippen LogP contribution in [0, 0.1) is 11.8 Å². The molecule has 1 saturated heterocycles. The van der Waals surface area contributed by atoms with Gasteiger partial charge in [0, 0.05) is 26.8 Å². The van der Waals surface area contributed by atoms with Gasteiger partial charge in [-0.2, -0.15) is 13.2 Å². The van der Waals surface area contributed by atoms with Gasteiger partial charge in [-0.05, 0) is 107 Å². The molecule has 0 atom stereocenters. The predicted molar refractivity (Wildman–Crippen MR) is 122 cm³/mol. The second-order valence-electron chi connectivity index (χ2n) is 9.53. The number of hydrogen-bond acceptors (Lipinski definition) is 4. The molecule has 1 saturated carbocycles. The third-order valence-electron chi connectivity index (χ3n) is 6.94. The lowest BCUT2D eigenvalue weighted by Gasteiger charge is -2.31. The van der Waals surface area contributed by atoms with Gasteiger partial charge in [0.25, 0.3) is 0 Å². The zero-order valence-corrected chi connectivity index (χ0v) is 20.3. The number of ether oxygens (including phenoxy) is 1. The molecule has 0 unspecified atom stereocenters. The molecule has 0 radical (unpaired) electrons. The fraction of sp³-hybridized carbons (Fsp3) is 0.750. The monoisotopic (exact) mass is 490 g/mol. The predicted octanol–water partition coefficient (Wildman–Crippen LogP) is 5.02. The van der Waals surface area contributed by atoms with Crippen LogP contribution in [0.3, 0.4) is 0 Å². The van der Waals surface area contributed by atoms with Crippen LogP contribution in [0.1, 0.15) is 56.9 Å². The lowest BCUT2D eigenvalue weighted by Crippen LogP contribution is -2.34. The first-order valence-electron chi connectivity index (χ1n) is 12.1. The highest BCUT2D eigenvalue weighted by Crippen LogP contribution is 2.32. The quantitative estimate of drug-likeness (QED) is 0.409. The van der Waals surface area contributed by atoms with Gasteiger partial charge in [0.05, 0.1) is 10.5 Å². The van der Waals surface area contributed by atoms with E-state index in [2.05, 4.69) is 4.90 Å². The molecule has 5 nitrogen and oxygen atoms in total. The van der Waals surface area contributed by atoms with E-state index >= 15 is 0 Å². The van der Waals surface area contributed by atoms with Crippen LogP contribution >= 0.6 is 0 Å². The van der Waals surface area contributed by atoms with Gasteiger partial charge in [-0.3, -0.25) is 0 Å². The van der Waals surface area contributed by atoms with Crippen LogP contribution in [-0.2, 0) is 20.9 Å². The maximum absolute atomic E-state index is 12.8. The van der Waals surface area contributed by atoms with Crippen molar-refractivity contribution >= 4 is 10.0 Å². The first-order valence-corrected chi connectivity index (χ1v) is 13.5. The Morgan fingerprint density at radius 3 is 2.21 bits per heavy atom. The Hall–Kier alpha value is -1.16. The number of rotatable bonds is 11. The summed E-state index contributed by atoms with van der Waals surface area (Å²) in [6, 6.07) is 3.71. The highest BCUT2D eigenvalue weighted by atomic mass is 32.2. The lowest BCUT2D eigenvalue weighted by molar-refractivity contribution is -0.137. The molecular formula is C24H37F3N2O3S. The largest absolute Gasteiger partial charge is 0.416 e. The van der Waals surface area contributed by atoms with Crippen LogP contribution in [0.5, 0.6) is 0 Å². The molecule has 3 rings (SSSR count). The Labute approximate surface area is 196 Å². The minimum Gasteiger partial charge on any atom is -0.381 e. The Morgan fingerprint density at radius 2 is 1.61 bits per heavy atom. The molecule has 33 heavy (non-hydrogen) atoms. The fourth-order valence-electron chi connectivity index (χ4n) is 4.83. The van der Waals surface area contributed by atoms with Crippen LogP contribution in [-0.4, -0.2) is 64.1 Å². The minimum atomic E-state index is -4.48. The van der Waals surface area contributed by atoms with Crippen molar-refractivity contribution in [3.63, 3.8) is 0 Å². The zero-order valence-electron chi connectivity index (χ0n) is 19.5. The summed E-state index contributed by atoms with van der Waals surface area (Å²) in [6.07, 6.45) is 4.38. The van der Waals surface area contributed by atoms with Gasteiger partial charge in [-0.1, -0.05) is 0 Å². The molecule has 1 aromatic rings. The molecule has 0 N–H and O–H groups in total. The number of benzene rings is 1. The van der Waals surface area contributed by atoms with Crippen molar-refractivity contribution in [1.29, 1.82) is 0 Å². The maximum atomic E-state index is 12.8. The number of halogens is 3. The van der Waals surface area contributed by atoms with E-state index in [1.807, 2.05) is 0 Å². The van der Waals surface area contributed by atoms with E-state index in [0.29, 0.717) is 12.5 Å². The Morgan fingerprint density at radius 1 is 1.00 bits per heavy atom. The van der Waals surface area contributed by atoms with Crippen LogP contribution in [0.25, 0.3) is 0 Å². The first kappa shape index (κ1) is 26.4. The summed E-state index contributed by atoms with van der Waals surface area (Å²) in [7, 11) is -2.30. The Kier molecular flexibility index (Phi) is 9.62. The van der Waals surface area contributed by atoms with E-state index in [1.165, 1.54) is 50.2 Å². The zero-order chi connectivity index (χ0) is 23.9. The number of alkyl halides is 3. The molecule has 1 aliphatic carbocycles. The normalized spacial score (nSPS) is 22.8. The first-order chi connectivity index (χ1) is 15.7. The van der Waals surface area contributed by atoms with Gasteiger partial charge in [0.1, 0.15) is 0 Å². The highest BCUT2D eigenvalue weighted by molar-refractivity contribution is 7.89. The summed E-state index contributed by atoms with van der Waals surface area (Å²) in [6.45, 7) is 5.62. The summed E-state index contributed by atoms with van der Waals surface area (Å²) in [5.41, 5.74) is -0.851. The van der Waals surface area contributed by atoms with Gasteiger partial charge in [-0.15, -0.1) is 0 Å². The third-order valence-corrected chi connectivity index (χ3v) is 8.77. The maximum Gasteiger partial charge on any atom is 0.416 e. The van der Waals surface area contributed by atoms with Crippen molar-refractivity contribution in [2.45, 2.75) is 62.4 Å². The lowest BCUT2D eigenvalue weighted by atomic mass is 9.82. The molecule has 2 fully saturated rings. The number of nitrogens with zero attached hydrogens (tertiary/aromatic N) is 2. The molecule has 1 heterocycles. The van der Waals surface area contributed by atoms with E-state index in [9.17, 15) is 21.6 Å². The van der Waals surface area contributed by atoms with Crippen molar-refractivity contribution in [3.05, 3.63) is 29.8 Å². The Bertz CT molecular complexity index is 816. The molecule has 188 valence electrons. The second kappa shape index (κ2) is 12.0. The van der Waals surface area contributed by atoms with E-state index in [-0.39, 0.29) is 10.8 Å². The fourth-order valence-corrected chi connectivity index (χ4v) is 6.08. The molecule has 2 aliphatic rings. The van der Waals surface area contributed by atoms with Gasteiger partial charge < -0.3 is 9.64 Å². The summed E-state index contributed by atoms with van der Waals surface area (Å²) in [5, 5.41) is 0. The smallest absolute Gasteiger partial charge is 0.381 e. The average molecular weight is 491 g/mol. The van der Waals surface area contributed by atoms with Crippen molar-refractivity contribution in [1.82, 2.24) is 9.21 Å². The summed E-state index contributed by atoms with van der Waals surface area (Å²) < 4.78 is 70.9. The van der Waals surface area contributed by atoms with Crippen LogP contribution in [0.2, 0.25) is 0 Å². The molecule has 9 heteroatoms. The topological polar surface area (TPSA) is 49.9 Å². The van der Waals surface area contributed by atoms with Gasteiger partial charge >= 0.3 is 6.18 Å². The van der Waals surface area contributed by atoms with Gasteiger partial charge in [-0.25, -0.2) is 12.7 Å². The van der Waals surface area contributed by atoms with E-state index in [4.69, 9.17) is 4.74 Å². The van der Waals surface area contributed by atoms with Crippen molar-refractivity contribution in [2.75, 3.05) is 46.4 Å². The molecule has 0 spiro atoms. The molecule has 0 aromatic heterocycles. The number of likely N-dealkylation sites (tertiary alicyclic amines) is 1. The molecule has 1 aliphatic heterocycles. The second-order valence-corrected chi connectivity index (χ2v) is 11.6. The van der Waals surface area contributed by atoms with Crippen LogP contribution in [0.4, 0.5) is 13.2 Å². The summed E-state index contributed by atoms with van der Waals surface area (Å²) >= 11 is 0. The van der Waals surface area contributed by atoms with Crippen molar-refractivity contribution in [2.24, 2.45) is 11.8 Å². The minimum absolute atomic E-state index is 0.107. The van der Waals surface area contributed by atoms with Gasteiger partial charge in [0.2, 0.25) is 10.0 Å². The SMILES string of the molecule is CN(CC1CCC(COCCCCN2CCCC2)CC1)S(=O)(=O)c1ccc(C(F)(F)F)cc1. The average Bonchev–Trinajstić information content (AvgIpc) is 3.30. The third kappa shape index (κ3) is 7.94. The Balaban J connectivity index is 1.34. The van der Waals surface area contributed by atoms with Crippen molar-refractivity contribution < 1.29 is 26.3 Å². The number of sulfonamides is 1. The van der Waals surface area contributed by atoms with E-state index < -0.39 is 21.8 Å². The molecule has 0 amide bonds. The number of hydrogen-bond donors (Lipinski definition) is 0. The molecule has 0 bridgehead atoms. The van der Waals surface area contributed by atoms with E-state index in [0.717, 1.165) is 69.6 Å². The van der Waals surface area contributed by atoms with Crippen LogP contribution in [0.15, 0.2) is 29.2 Å². The molecule has 1 aromatic carbocycles. The molecular weight excluding hydrogens is 453 g/mol. The van der Waals surface area contributed by atoms with Crippen LogP contribution < -0.4 is 0 Å². The van der Waals surface area contributed by atoms with E-state index in [1.54, 1.807) is 0 Å². The van der Waals surface area contributed by atoms with Gasteiger partial charge in [0.15, 0.2) is 0 Å².